The molecule has 1 heterocycles. The van der Waals surface area contributed by atoms with E-state index in [0.717, 1.165) is 5.76 Å². The van der Waals surface area contributed by atoms with E-state index >= 15 is 0 Å². The third-order valence-electron chi connectivity index (χ3n) is 1.67. The highest BCUT2D eigenvalue weighted by molar-refractivity contribution is 5.70. The summed E-state index contributed by atoms with van der Waals surface area (Å²) in [6.07, 6.45) is 2.03. The molecule has 0 saturated carbocycles. The van der Waals surface area contributed by atoms with Gasteiger partial charge in [-0.3, -0.25) is 9.59 Å². The van der Waals surface area contributed by atoms with Crippen molar-refractivity contribution in [3.8, 4) is 0 Å². The van der Waals surface area contributed by atoms with Gasteiger partial charge in [0.15, 0.2) is 12.0 Å². The van der Waals surface area contributed by atoms with Crippen LogP contribution in [-0.4, -0.2) is 18.9 Å². The van der Waals surface area contributed by atoms with E-state index in [1.165, 1.54) is 6.92 Å². The molecule has 0 bridgehead atoms. The molecular weight excluding hydrogens is 184 g/mol. The number of hydrogen-bond donors (Lipinski definition) is 0. The first-order valence-electron chi connectivity index (χ1n) is 4.39. The molecule has 0 aliphatic carbocycles. The molecule has 0 N–H and O–H groups in total. The van der Waals surface area contributed by atoms with Crippen molar-refractivity contribution in [2.24, 2.45) is 0 Å². The lowest BCUT2D eigenvalue weighted by molar-refractivity contribution is -0.141. The summed E-state index contributed by atoms with van der Waals surface area (Å²) in [6, 6.07) is 3.37. The van der Waals surface area contributed by atoms with Crippen LogP contribution in [0.4, 0.5) is 0 Å². The predicted molar refractivity (Wildman–Crippen MR) is 49.0 cm³/mol. The Bertz CT molecular complexity index is 314. The molecule has 0 aliphatic heterocycles. The van der Waals surface area contributed by atoms with Gasteiger partial charge in [0.1, 0.15) is 5.76 Å². The zero-order valence-electron chi connectivity index (χ0n) is 7.99. The van der Waals surface area contributed by atoms with E-state index in [4.69, 9.17) is 9.15 Å². The first kappa shape index (κ1) is 10.5. The fourth-order valence-electron chi connectivity index (χ4n) is 1.05. The van der Waals surface area contributed by atoms with Crippen molar-refractivity contribution < 1.29 is 18.7 Å². The summed E-state index contributed by atoms with van der Waals surface area (Å²) in [5.74, 6) is 0.782. The van der Waals surface area contributed by atoms with Crippen LogP contribution in [0.15, 0.2) is 16.5 Å². The first-order chi connectivity index (χ1) is 6.72. The van der Waals surface area contributed by atoms with Crippen molar-refractivity contribution in [1.82, 2.24) is 0 Å². The molecule has 4 nitrogen and oxygen atoms in total. The summed E-state index contributed by atoms with van der Waals surface area (Å²) in [6.45, 7) is 1.75. The van der Waals surface area contributed by atoms with Gasteiger partial charge in [0.25, 0.3) is 0 Å². The van der Waals surface area contributed by atoms with E-state index in [-0.39, 0.29) is 5.97 Å². The molecule has 0 saturated heterocycles. The summed E-state index contributed by atoms with van der Waals surface area (Å²) in [7, 11) is 0. The van der Waals surface area contributed by atoms with Gasteiger partial charge in [-0.2, -0.15) is 0 Å². The van der Waals surface area contributed by atoms with E-state index in [1.54, 1.807) is 12.1 Å². The molecule has 4 heteroatoms. The highest BCUT2D eigenvalue weighted by Crippen LogP contribution is 2.07. The van der Waals surface area contributed by atoms with E-state index in [9.17, 15) is 9.59 Å². The lowest BCUT2D eigenvalue weighted by atomic mass is 10.2. The van der Waals surface area contributed by atoms with Crippen molar-refractivity contribution in [3.05, 3.63) is 23.7 Å². The first-order valence-corrected chi connectivity index (χ1v) is 4.39. The maximum absolute atomic E-state index is 10.4. The highest BCUT2D eigenvalue weighted by atomic mass is 16.5. The molecule has 1 aromatic heterocycles. The zero-order valence-corrected chi connectivity index (χ0v) is 7.99. The van der Waals surface area contributed by atoms with Crippen LogP contribution in [0.1, 0.15) is 29.7 Å². The fourth-order valence-corrected chi connectivity index (χ4v) is 1.05. The summed E-state index contributed by atoms with van der Waals surface area (Å²) in [4.78, 5) is 20.7. The van der Waals surface area contributed by atoms with Crippen molar-refractivity contribution in [1.29, 1.82) is 0 Å². The molecule has 0 aromatic carbocycles. The monoisotopic (exact) mass is 196 g/mol. The van der Waals surface area contributed by atoms with Crippen LogP contribution in [0.25, 0.3) is 0 Å². The summed E-state index contributed by atoms with van der Waals surface area (Å²) < 4.78 is 9.88. The van der Waals surface area contributed by atoms with Gasteiger partial charge in [-0.1, -0.05) is 0 Å². The summed E-state index contributed by atoms with van der Waals surface area (Å²) in [5, 5.41) is 0. The van der Waals surface area contributed by atoms with Gasteiger partial charge in [-0.05, 0) is 18.6 Å². The van der Waals surface area contributed by atoms with Crippen LogP contribution < -0.4 is 0 Å². The van der Waals surface area contributed by atoms with Crippen LogP contribution in [0.2, 0.25) is 0 Å². The lowest BCUT2D eigenvalue weighted by Crippen LogP contribution is -2.01. The summed E-state index contributed by atoms with van der Waals surface area (Å²) in [5.41, 5.74) is 0. The minimum absolute atomic E-state index is 0.280. The molecule has 0 amide bonds. The molecular formula is C10H12O4. The molecule has 0 fully saturated rings. The number of hydrogen-bond acceptors (Lipinski definition) is 4. The predicted octanol–water partition coefficient (Wildman–Crippen LogP) is 1.59. The van der Waals surface area contributed by atoms with Gasteiger partial charge in [0.05, 0.1) is 6.61 Å². The van der Waals surface area contributed by atoms with E-state index in [1.807, 2.05) is 0 Å². The second-order valence-corrected chi connectivity index (χ2v) is 2.87. The van der Waals surface area contributed by atoms with E-state index in [0.29, 0.717) is 31.5 Å². The van der Waals surface area contributed by atoms with Crippen molar-refractivity contribution in [3.63, 3.8) is 0 Å². The van der Waals surface area contributed by atoms with E-state index in [2.05, 4.69) is 0 Å². The molecule has 1 aromatic rings. The van der Waals surface area contributed by atoms with Crippen molar-refractivity contribution in [2.45, 2.75) is 19.8 Å². The molecule has 14 heavy (non-hydrogen) atoms. The zero-order chi connectivity index (χ0) is 10.4. The van der Waals surface area contributed by atoms with Gasteiger partial charge >= 0.3 is 5.97 Å². The van der Waals surface area contributed by atoms with Gasteiger partial charge in [-0.15, -0.1) is 0 Å². The lowest BCUT2D eigenvalue weighted by Gasteiger charge is -1.99. The number of furan rings is 1. The molecule has 0 atom stereocenters. The Morgan fingerprint density at radius 1 is 1.57 bits per heavy atom. The van der Waals surface area contributed by atoms with Gasteiger partial charge in [-0.25, -0.2) is 0 Å². The average Bonchev–Trinajstić information content (AvgIpc) is 2.60. The molecule has 0 spiro atoms. The Kier molecular flexibility index (Phi) is 3.91. The van der Waals surface area contributed by atoms with Crippen LogP contribution in [-0.2, 0) is 16.0 Å². The van der Waals surface area contributed by atoms with E-state index < -0.39 is 0 Å². The van der Waals surface area contributed by atoms with Crippen LogP contribution in [0.5, 0.6) is 0 Å². The fraction of sp³-hybridized carbons (Fsp3) is 0.400. The highest BCUT2D eigenvalue weighted by Gasteiger charge is 2.01. The van der Waals surface area contributed by atoms with Crippen LogP contribution in [0.3, 0.4) is 0 Å². The number of aldehydes is 1. The molecule has 1 rings (SSSR count). The Balaban J connectivity index is 2.24. The van der Waals surface area contributed by atoms with Gasteiger partial charge in [0, 0.05) is 13.3 Å². The van der Waals surface area contributed by atoms with Gasteiger partial charge in [0.2, 0.25) is 0 Å². The standard InChI is InChI=1S/C10H12O4/c1-8(12)13-6-2-3-9-4-5-10(7-11)14-9/h4-5,7H,2-3,6H2,1H3. The van der Waals surface area contributed by atoms with Crippen molar-refractivity contribution >= 4 is 12.3 Å². The number of ether oxygens (including phenoxy) is 1. The third-order valence-corrected chi connectivity index (χ3v) is 1.67. The minimum atomic E-state index is -0.280. The number of carbonyl (C=O) groups excluding carboxylic acids is 2. The number of rotatable bonds is 5. The number of aryl methyl sites for hydroxylation is 1. The molecule has 0 unspecified atom stereocenters. The maximum atomic E-state index is 10.4. The number of carbonyl (C=O) groups is 2. The number of esters is 1. The topological polar surface area (TPSA) is 56.5 Å². The smallest absolute Gasteiger partial charge is 0.302 e. The Hall–Kier alpha value is -1.58. The molecule has 0 aliphatic rings. The van der Waals surface area contributed by atoms with Crippen LogP contribution >= 0.6 is 0 Å². The SMILES string of the molecule is CC(=O)OCCCc1ccc(C=O)o1. The Morgan fingerprint density at radius 3 is 2.93 bits per heavy atom. The third kappa shape index (κ3) is 3.43. The minimum Gasteiger partial charge on any atom is -0.466 e. The normalized spacial score (nSPS) is 9.79. The second-order valence-electron chi connectivity index (χ2n) is 2.87. The molecule has 0 radical (unpaired) electrons. The van der Waals surface area contributed by atoms with Crippen LogP contribution in [0, 0.1) is 0 Å². The Labute approximate surface area is 81.9 Å². The van der Waals surface area contributed by atoms with Gasteiger partial charge < -0.3 is 9.15 Å². The van der Waals surface area contributed by atoms with Crippen molar-refractivity contribution in [2.75, 3.05) is 6.61 Å². The largest absolute Gasteiger partial charge is 0.466 e. The maximum Gasteiger partial charge on any atom is 0.302 e. The average molecular weight is 196 g/mol. The molecule has 76 valence electrons. The Morgan fingerprint density at radius 2 is 2.36 bits per heavy atom. The second kappa shape index (κ2) is 5.21. The summed E-state index contributed by atoms with van der Waals surface area (Å²) >= 11 is 0. The quantitative estimate of drug-likeness (QED) is 0.407.